The Balaban J connectivity index is 1.54. The van der Waals surface area contributed by atoms with Crippen LogP contribution in [0.5, 0.6) is 11.5 Å². The predicted molar refractivity (Wildman–Crippen MR) is 139 cm³/mol. The number of imidazole rings is 1. The summed E-state index contributed by atoms with van der Waals surface area (Å²) in [5, 5.41) is 11.8. The van der Waals surface area contributed by atoms with Crippen molar-refractivity contribution in [3.8, 4) is 33.8 Å². The Morgan fingerprint density at radius 1 is 0.892 bits per heavy atom. The number of rotatable bonds is 8. The summed E-state index contributed by atoms with van der Waals surface area (Å²) in [4.78, 5) is 8.50. The van der Waals surface area contributed by atoms with E-state index in [0.717, 1.165) is 22.9 Å². The average Bonchev–Trinajstić information content (AvgIpc) is 3.54. The highest BCUT2D eigenvalue weighted by atomic mass is 32.2. The summed E-state index contributed by atoms with van der Waals surface area (Å²) in [5.74, 6) is 1.15. The van der Waals surface area contributed by atoms with Gasteiger partial charge in [0, 0.05) is 43.0 Å². The van der Waals surface area contributed by atoms with Gasteiger partial charge in [-0.05, 0) is 41.5 Å². The standard InChI is InChI=1S/C25H23N7O4S/c1-31-14-19(12-29-31)18-8-20(21(10-26)27-11-18)30-37(33,34)25-13-28-24-7-5-17(15-32(24)25)16-4-6-22(35-2)23(9-16)36-3/h4-15,26,30H,1-3H3. The zero-order valence-electron chi connectivity index (χ0n) is 20.2. The molecule has 0 atom stereocenters. The van der Waals surface area contributed by atoms with E-state index in [1.807, 2.05) is 18.2 Å². The lowest BCUT2D eigenvalue weighted by Gasteiger charge is -2.12. The number of benzene rings is 1. The Labute approximate surface area is 212 Å². The summed E-state index contributed by atoms with van der Waals surface area (Å²) in [7, 11) is 0.795. The Bertz CT molecular complexity index is 1740. The van der Waals surface area contributed by atoms with Gasteiger partial charge in [0.1, 0.15) is 11.3 Å². The molecule has 0 unspecified atom stereocenters. The first kappa shape index (κ1) is 24.0. The van der Waals surface area contributed by atoms with Crippen LogP contribution in [0.25, 0.3) is 27.9 Å². The van der Waals surface area contributed by atoms with Crippen LogP contribution in [0.4, 0.5) is 5.69 Å². The van der Waals surface area contributed by atoms with Crippen LogP contribution in [0.15, 0.2) is 72.4 Å². The molecule has 0 amide bonds. The fourth-order valence-corrected chi connectivity index (χ4v) is 5.10. The number of ether oxygens (including phenoxy) is 2. The number of nitrogens with one attached hydrogen (secondary N) is 2. The zero-order valence-corrected chi connectivity index (χ0v) is 21.0. The molecule has 5 aromatic rings. The van der Waals surface area contributed by atoms with Crippen molar-refractivity contribution in [3.63, 3.8) is 0 Å². The van der Waals surface area contributed by atoms with Crippen molar-refractivity contribution in [1.29, 1.82) is 5.41 Å². The van der Waals surface area contributed by atoms with Gasteiger partial charge in [-0.2, -0.15) is 13.5 Å². The second-order valence-electron chi connectivity index (χ2n) is 8.12. The molecule has 0 radical (unpaired) electrons. The van der Waals surface area contributed by atoms with Crippen molar-refractivity contribution in [3.05, 3.63) is 73.1 Å². The fraction of sp³-hybridized carbons (Fsp3) is 0.120. The number of methoxy groups -OCH3 is 2. The van der Waals surface area contributed by atoms with Crippen molar-refractivity contribution in [2.24, 2.45) is 7.05 Å². The van der Waals surface area contributed by atoms with E-state index in [1.165, 1.54) is 10.6 Å². The molecular formula is C25H23N7O4S. The first-order valence-electron chi connectivity index (χ1n) is 11.0. The van der Waals surface area contributed by atoms with Gasteiger partial charge in [-0.1, -0.05) is 6.07 Å². The number of aryl methyl sites for hydroxylation is 1. The van der Waals surface area contributed by atoms with Crippen molar-refractivity contribution >= 4 is 27.6 Å². The van der Waals surface area contributed by atoms with Crippen molar-refractivity contribution in [2.45, 2.75) is 5.03 Å². The molecule has 0 saturated carbocycles. The lowest BCUT2D eigenvalue weighted by Crippen LogP contribution is -2.16. The number of hydrogen-bond acceptors (Lipinski definition) is 8. The molecular weight excluding hydrogens is 494 g/mol. The normalized spacial score (nSPS) is 11.4. The molecule has 0 saturated heterocycles. The lowest BCUT2D eigenvalue weighted by molar-refractivity contribution is 0.355. The molecule has 0 aliphatic rings. The van der Waals surface area contributed by atoms with Gasteiger partial charge in [-0.25, -0.2) is 4.98 Å². The summed E-state index contributed by atoms with van der Waals surface area (Å²) in [5.41, 5.74) is 3.79. The highest BCUT2D eigenvalue weighted by Crippen LogP contribution is 2.33. The van der Waals surface area contributed by atoms with E-state index in [2.05, 4.69) is 19.8 Å². The summed E-state index contributed by atoms with van der Waals surface area (Å²) in [6, 6.07) is 10.7. The van der Waals surface area contributed by atoms with Gasteiger partial charge < -0.3 is 14.9 Å². The second kappa shape index (κ2) is 9.39. The highest BCUT2D eigenvalue weighted by molar-refractivity contribution is 7.92. The summed E-state index contributed by atoms with van der Waals surface area (Å²) < 4.78 is 43.4. The molecule has 0 spiro atoms. The van der Waals surface area contributed by atoms with E-state index in [4.69, 9.17) is 14.9 Å². The van der Waals surface area contributed by atoms with E-state index < -0.39 is 10.0 Å². The molecule has 0 bridgehead atoms. The molecule has 11 nitrogen and oxygen atoms in total. The van der Waals surface area contributed by atoms with E-state index in [-0.39, 0.29) is 16.4 Å². The summed E-state index contributed by atoms with van der Waals surface area (Å²) >= 11 is 0. The number of fused-ring (bicyclic) bond motifs is 1. The fourth-order valence-electron chi connectivity index (χ4n) is 3.94. The number of nitrogens with zero attached hydrogens (tertiary/aromatic N) is 5. The maximum absolute atomic E-state index is 13.5. The van der Waals surface area contributed by atoms with Crippen LogP contribution in [-0.4, -0.2) is 53.0 Å². The highest BCUT2D eigenvalue weighted by Gasteiger charge is 2.22. The monoisotopic (exact) mass is 517 g/mol. The smallest absolute Gasteiger partial charge is 0.279 e. The Hall–Kier alpha value is -4.71. The van der Waals surface area contributed by atoms with Gasteiger partial charge in [-0.15, -0.1) is 0 Å². The van der Waals surface area contributed by atoms with Gasteiger partial charge in [-0.3, -0.25) is 18.8 Å². The third kappa shape index (κ3) is 4.49. The number of aromatic nitrogens is 5. The zero-order chi connectivity index (χ0) is 26.2. The van der Waals surface area contributed by atoms with Crippen LogP contribution < -0.4 is 14.2 Å². The lowest BCUT2D eigenvalue weighted by atomic mass is 10.1. The number of anilines is 1. The van der Waals surface area contributed by atoms with Crippen LogP contribution in [-0.2, 0) is 17.1 Å². The third-order valence-corrected chi connectivity index (χ3v) is 7.14. The van der Waals surface area contributed by atoms with Crippen molar-refractivity contribution in [2.75, 3.05) is 18.9 Å². The van der Waals surface area contributed by atoms with Gasteiger partial charge in [0.15, 0.2) is 16.5 Å². The number of hydrogen-bond donors (Lipinski definition) is 2. The van der Waals surface area contributed by atoms with E-state index in [9.17, 15) is 8.42 Å². The Kier molecular flexibility index (Phi) is 6.09. The summed E-state index contributed by atoms with van der Waals surface area (Å²) in [6.45, 7) is 0. The second-order valence-corrected chi connectivity index (χ2v) is 9.75. The quantitative estimate of drug-likeness (QED) is 0.300. The molecule has 1 aromatic carbocycles. The largest absolute Gasteiger partial charge is 0.493 e. The number of sulfonamides is 1. The minimum absolute atomic E-state index is 0.0625. The van der Waals surface area contributed by atoms with Crippen LogP contribution in [0, 0.1) is 5.41 Å². The molecule has 0 aliphatic heterocycles. The molecule has 4 aromatic heterocycles. The van der Waals surface area contributed by atoms with Gasteiger partial charge >= 0.3 is 0 Å². The molecule has 4 heterocycles. The average molecular weight is 518 g/mol. The summed E-state index contributed by atoms with van der Waals surface area (Å²) in [6.07, 6.45) is 8.99. The van der Waals surface area contributed by atoms with Crippen molar-refractivity contribution in [1.82, 2.24) is 24.1 Å². The molecule has 0 fully saturated rings. The van der Waals surface area contributed by atoms with E-state index in [1.54, 1.807) is 68.9 Å². The van der Waals surface area contributed by atoms with Crippen LogP contribution in [0.3, 0.4) is 0 Å². The minimum atomic E-state index is -4.10. The van der Waals surface area contributed by atoms with Crippen LogP contribution in [0.1, 0.15) is 5.69 Å². The predicted octanol–water partition coefficient (Wildman–Crippen LogP) is 3.61. The van der Waals surface area contributed by atoms with Gasteiger partial charge in [0.05, 0.1) is 32.3 Å². The first-order chi connectivity index (χ1) is 17.8. The Morgan fingerprint density at radius 3 is 2.38 bits per heavy atom. The Morgan fingerprint density at radius 2 is 1.68 bits per heavy atom. The molecule has 2 N–H and O–H groups in total. The molecule has 5 rings (SSSR count). The third-order valence-electron chi connectivity index (χ3n) is 5.80. The maximum atomic E-state index is 13.5. The number of pyridine rings is 2. The van der Waals surface area contributed by atoms with Gasteiger partial charge in [0.25, 0.3) is 10.0 Å². The topological polar surface area (TPSA) is 136 Å². The van der Waals surface area contributed by atoms with E-state index in [0.29, 0.717) is 22.7 Å². The van der Waals surface area contributed by atoms with Gasteiger partial charge in [0.2, 0.25) is 0 Å². The maximum Gasteiger partial charge on any atom is 0.279 e. The molecule has 188 valence electrons. The molecule has 12 heteroatoms. The van der Waals surface area contributed by atoms with Crippen LogP contribution >= 0.6 is 0 Å². The van der Waals surface area contributed by atoms with Crippen molar-refractivity contribution < 1.29 is 17.9 Å². The first-order valence-corrected chi connectivity index (χ1v) is 12.5. The molecule has 0 aliphatic carbocycles. The molecule has 37 heavy (non-hydrogen) atoms. The van der Waals surface area contributed by atoms with Crippen LogP contribution in [0.2, 0.25) is 0 Å². The van der Waals surface area contributed by atoms with E-state index >= 15 is 0 Å². The SMILES string of the molecule is COc1ccc(-c2ccc3ncc(S(=O)(=O)Nc4cc(-c5cnn(C)c5)cnc4C=N)n3c2)cc1OC. The minimum Gasteiger partial charge on any atom is -0.493 e.